The molecule has 1 aromatic carbocycles. The number of aromatic nitrogens is 2. The Hall–Kier alpha value is -1.96. The summed E-state index contributed by atoms with van der Waals surface area (Å²) >= 11 is 0. The summed E-state index contributed by atoms with van der Waals surface area (Å²) in [6.45, 7) is 2.41. The maximum Gasteiger partial charge on any atom is 0.320 e. The van der Waals surface area contributed by atoms with Crippen LogP contribution in [0.25, 0.3) is 0 Å². The first-order chi connectivity index (χ1) is 10.3. The summed E-state index contributed by atoms with van der Waals surface area (Å²) in [5, 5.41) is 14.2. The van der Waals surface area contributed by atoms with Crippen LogP contribution in [0.4, 0.5) is 11.7 Å². The fourth-order valence-corrected chi connectivity index (χ4v) is 1.78. The van der Waals surface area contributed by atoms with E-state index < -0.39 is 0 Å². The zero-order chi connectivity index (χ0) is 14.9. The van der Waals surface area contributed by atoms with E-state index in [2.05, 4.69) is 20.8 Å². The Bertz CT molecular complexity index is 545. The van der Waals surface area contributed by atoms with E-state index in [4.69, 9.17) is 13.9 Å². The highest BCUT2D eigenvalue weighted by atomic mass is 16.5. The van der Waals surface area contributed by atoms with Crippen LogP contribution in [-0.4, -0.2) is 37.6 Å². The van der Waals surface area contributed by atoms with Crippen molar-refractivity contribution in [3.63, 3.8) is 0 Å². The molecule has 7 nitrogen and oxygen atoms in total. The van der Waals surface area contributed by atoms with Crippen molar-refractivity contribution in [1.29, 1.82) is 0 Å². The largest absolute Gasteiger partial charge is 0.406 e. The minimum atomic E-state index is 0.363. The summed E-state index contributed by atoms with van der Waals surface area (Å²) in [5.41, 5.74) is 1.92. The molecule has 7 heteroatoms. The fourth-order valence-electron chi connectivity index (χ4n) is 1.78. The van der Waals surface area contributed by atoms with Gasteiger partial charge in [0.05, 0.1) is 19.8 Å². The van der Waals surface area contributed by atoms with E-state index in [0.29, 0.717) is 31.7 Å². The molecule has 2 rings (SSSR count). The molecule has 2 N–H and O–H groups in total. The lowest BCUT2D eigenvalue weighted by Gasteiger charge is -2.07. The summed E-state index contributed by atoms with van der Waals surface area (Å²) in [7, 11) is 3.32. The van der Waals surface area contributed by atoms with Gasteiger partial charge in [-0.3, -0.25) is 0 Å². The number of hydrogen-bond donors (Lipinski definition) is 2. The van der Waals surface area contributed by atoms with Gasteiger partial charge in [-0.2, -0.15) is 0 Å². The average Bonchev–Trinajstić information content (AvgIpc) is 2.94. The molecule has 0 unspecified atom stereocenters. The fraction of sp³-hybridized carbons (Fsp3) is 0.429. The summed E-state index contributed by atoms with van der Waals surface area (Å²) in [6.07, 6.45) is 0. The monoisotopic (exact) mass is 292 g/mol. The normalized spacial score (nSPS) is 10.8. The molecule has 2 aromatic rings. The quantitative estimate of drug-likeness (QED) is 0.681. The Labute approximate surface area is 123 Å². The standard InChI is InChI=1S/C14H20N4O3/c1-19-8-7-15-9-13-17-18-14(21-13)16-12-6-4-3-5-11(12)10-20-2/h3-6,15H,7-10H2,1-2H3,(H,16,18). The molecule has 0 bridgehead atoms. The highest BCUT2D eigenvalue weighted by molar-refractivity contribution is 5.57. The van der Waals surface area contributed by atoms with Gasteiger partial charge in [-0.1, -0.05) is 23.3 Å². The van der Waals surface area contributed by atoms with Gasteiger partial charge in [0.2, 0.25) is 5.89 Å². The SMILES string of the molecule is COCCNCc1nnc(Nc2ccccc2COC)o1. The molecule has 0 saturated heterocycles. The van der Waals surface area contributed by atoms with Crippen LogP contribution in [0.5, 0.6) is 0 Å². The minimum absolute atomic E-state index is 0.363. The van der Waals surface area contributed by atoms with Gasteiger partial charge in [0, 0.05) is 32.0 Å². The number of rotatable bonds is 9. The van der Waals surface area contributed by atoms with Gasteiger partial charge in [0.15, 0.2) is 0 Å². The summed E-state index contributed by atoms with van der Waals surface area (Å²) in [5.74, 6) is 0.526. The molecule has 0 atom stereocenters. The van der Waals surface area contributed by atoms with Crippen LogP contribution >= 0.6 is 0 Å². The third-order valence-electron chi connectivity index (χ3n) is 2.78. The first kappa shape index (κ1) is 15.4. The van der Waals surface area contributed by atoms with Gasteiger partial charge in [0.1, 0.15) is 0 Å². The molecule has 0 radical (unpaired) electrons. The highest BCUT2D eigenvalue weighted by Gasteiger charge is 2.08. The molecule has 0 spiro atoms. The van der Waals surface area contributed by atoms with E-state index in [-0.39, 0.29) is 0 Å². The van der Waals surface area contributed by atoms with Crippen LogP contribution < -0.4 is 10.6 Å². The molecular formula is C14H20N4O3. The molecule has 0 fully saturated rings. The van der Waals surface area contributed by atoms with E-state index in [0.717, 1.165) is 17.8 Å². The highest BCUT2D eigenvalue weighted by Crippen LogP contribution is 2.20. The predicted octanol–water partition coefficient (Wildman–Crippen LogP) is 1.70. The van der Waals surface area contributed by atoms with Crippen molar-refractivity contribution in [2.24, 2.45) is 0 Å². The Balaban J connectivity index is 1.93. The molecule has 0 aliphatic carbocycles. The summed E-state index contributed by atoms with van der Waals surface area (Å²) in [6, 6.07) is 8.18. The average molecular weight is 292 g/mol. The second-order valence-electron chi connectivity index (χ2n) is 4.39. The van der Waals surface area contributed by atoms with Gasteiger partial charge in [-0.15, -0.1) is 5.10 Å². The van der Waals surface area contributed by atoms with Crippen LogP contribution in [0.15, 0.2) is 28.7 Å². The maximum atomic E-state index is 5.52. The Morgan fingerprint density at radius 3 is 2.81 bits per heavy atom. The van der Waals surface area contributed by atoms with Gasteiger partial charge in [-0.05, 0) is 6.07 Å². The molecule has 0 aliphatic heterocycles. The van der Waals surface area contributed by atoms with Gasteiger partial charge >= 0.3 is 6.01 Å². The van der Waals surface area contributed by atoms with Crippen molar-refractivity contribution >= 4 is 11.7 Å². The lowest BCUT2D eigenvalue weighted by Crippen LogP contribution is -2.18. The van der Waals surface area contributed by atoms with E-state index in [1.54, 1.807) is 14.2 Å². The van der Waals surface area contributed by atoms with E-state index in [9.17, 15) is 0 Å². The number of hydrogen-bond acceptors (Lipinski definition) is 7. The number of anilines is 2. The molecule has 0 aliphatic rings. The number of nitrogens with zero attached hydrogens (tertiary/aromatic N) is 2. The van der Waals surface area contributed by atoms with Crippen molar-refractivity contribution in [2.75, 3.05) is 32.7 Å². The first-order valence-electron chi connectivity index (χ1n) is 6.69. The lowest BCUT2D eigenvalue weighted by atomic mass is 10.2. The van der Waals surface area contributed by atoms with Gasteiger partial charge in [-0.25, -0.2) is 0 Å². The van der Waals surface area contributed by atoms with Gasteiger partial charge in [0.25, 0.3) is 0 Å². The molecule has 1 heterocycles. The smallest absolute Gasteiger partial charge is 0.320 e. The summed E-state index contributed by atoms with van der Waals surface area (Å²) in [4.78, 5) is 0. The Kier molecular flexibility index (Phi) is 6.14. The second-order valence-corrected chi connectivity index (χ2v) is 4.39. The van der Waals surface area contributed by atoms with Crippen LogP contribution in [0.1, 0.15) is 11.5 Å². The van der Waals surface area contributed by atoms with Crippen molar-refractivity contribution < 1.29 is 13.9 Å². The van der Waals surface area contributed by atoms with Crippen molar-refractivity contribution in [3.05, 3.63) is 35.7 Å². The third-order valence-corrected chi connectivity index (χ3v) is 2.78. The number of methoxy groups -OCH3 is 2. The van der Waals surface area contributed by atoms with Crippen LogP contribution in [-0.2, 0) is 22.6 Å². The van der Waals surface area contributed by atoms with Crippen LogP contribution in [0, 0.1) is 0 Å². The first-order valence-corrected chi connectivity index (χ1v) is 6.69. The molecule has 0 saturated carbocycles. The topological polar surface area (TPSA) is 81.4 Å². The number of nitrogens with one attached hydrogen (secondary N) is 2. The molecule has 1 aromatic heterocycles. The van der Waals surface area contributed by atoms with E-state index >= 15 is 0 Å². The Morgan fingerprint density at radius 2 is 2.00 bits per heavy atom. The minimum Gasteiger partial charge on any atom is -0.406 e. The van der Waals surface area contributed by atoms with Crippen molar-refractivity contribution in [1.82, 2.24) is 15.5 Å². The maximum absolute atomic E-state index is 5.52. The molecule has 21 heavy (non-hydrogen) atoms. The molecule has 114 valence electrons. The summed E-state index contributed by atoms with van der Waals surface area (Å²) < 4.78 is 15.6. The zero-order valence-corrected chi connectivity index (χ0v) is 12.3. The Morgan fingerprint density at radius 1 is 1.14 bits per heavy atom. The van der Waals surface area contributed by atoms with E-state index in [1.807, 2.05) is 24.3 Å². The third kappa shape index (κ3) is 4.82. The van der Waals surface area contributed by atoms with Crippen LogP contribution in [0.3, 0.4) is 0 Å². The number of benzene rings is 1. The lowest BCUT2D eigenvalue weighted by molar-refractivity contribution is 0.185. The number of ether oxygens (including phenoxy) is 2. The van der Waals surface area contributed by atoms with Crippen LogP contribution in [0.2, 0.25) is 0 Å². The predicted molar refractivity (Wildman–Crippen MR) is 78.3 cm³/mol. The zero-order valence-electron chi connectivity index (χ0n) is 12.3. The molecule has 0 amide bonds. The van der Waals surface area contributed by atoms with Crippen molar-refractivity contribution in [3.8, 4) is 0 Å². The number of para-hydroxylation sites is 1. The molecular weight excluding hydrogens is 272 g/mol. The van der Waals surface area contributed by atoms with E-state index in [1.165, 1.54) is 0 Å². The second kappa shape index (κ2) is 8.35. The van der Waals surface area contributed by atoms with Gasteiger partial charge < -0.3 is 24.5 Å². The van der Waals surface area contributed by atoms with Crippen molar-refractivity contribution in [2.45, 2.75) is 13.2 Å².